The molecule has 0 bridgehead atoms. The Morgan fingerprint density at radius 2 is 1.92 bits per heavy atom. The third-order valence-electron chi connectivity index (χ3n) is 3.60. The predicted octanol–water partition coefficient (Wildman–Crippen LogP) is 3.35. The van der Waals surface area contributed by atoms with Crippen molar-refractivity contribution in [2.45, 2.75) is 47.5 Å². The molecule has 1 aliphatic carbocycles. The lowest BCUT2D eigenvalue weighted by Crippen LogP contribution is -2.41. The highest BCUT2D eigenvalue weighted by Gasteiger charge is 2.43. The van der Waals surface area contributed by atoms with Crippen LogP contribution in [-0.2, 0) is 4.79 Å². The van der Waals surface area contributed by atoms with Crippen LogP contribution in [-0.4, -0.2) is 5.78 Å². The Morgan fingerprint density at radius 1 is 1.38 bits per heavy atom. The summed E-state index contributed by atoms with van der Waals surface area (Å²) in [5, 5.41) is 0. The second-order valence-electron chi connectivity index (χ2n) is 5.44. The lowest BCUT2D eigenvalue weighted by atomic mass is 9.61. The first kappa shape index (κ1) is 10.5. The van der Waals surface area contributed by atoms with Crippen LogP contribution in [0.4, 0.5) is 0 Å². The smallest absolute Gasteiger partial charge is 0.162 e. The van der Waals surface area contributed by atoms with E-state index in [1.807, 2.05) is 13.0 Å². The molecule has 0 aromatic heterocycles. The molecule has 0 heterocycles. The van der Waals surface area contributed by atoms with Gasteiger partial charge in [0, 0.05) is 5.41 Å². The number of hydrogen-bond acceptors (Lipinski definition) is 1. The summed E-state index contributed by atoms with van der Waals surface area (Å²) in [4.78, 5) is 11.9. The zero-order valence-corrected chi connectivity index (χ0v) is 9.40. The van der Waals surface area contributed by atoms with Crippen LogP contribution >= 0.6 is 0 Å². The van der Waals surface area contributed by atoms with Gasteiger partial charge in [-0.05, 0) is 31.3 Å². The van der Waals surface area contributed by atoms with Crippen molar-refractivity contribution >= 4 is 5.78 Å². The van der Waals surface area contributed by atoms with E-state index in [9.17, 15) is 4.79 Å². The van der Waals surface area contributed by atoms with Gasteiger partial charge in [0.05, 0.1) is 0 Å². The van der Waals surface area contributed by atoms with Gasteiger partial charge >= 0.3 is 0 Å². The first-order chi connectivity index (χ1) is 5.77. The number of carbonyl (C=O) groups excluding carboxylic acids is 1. The van der Waals surface area contributed by atoms with Gasteiger partial charge in [-0.25, -0.2) is 0 Å². The van der Waals surface area contributed by atoms with Crippen LogP contribution in [0.5, 0.6) is 0 Å². The van der Waals surface area contributed by atoms with Gasteiger partial charge in [-0.2, -0.15) is 0 Å². The Labute approximate surface area is 81.2 Å². The van der Waals surface area contributed by atoms with Crippen LogP contribution in [0, 0.1) is 10.8 Å². The van der Waals surface area contributed by atoms with E-state index in [1.165, 1.54) is 5.57 Å². The van der Waals surface area contributed by atoms with E-state index in [2.05, 4.69) is 27.7 Å². The summed E-state index contributed by atoms with van der Waals surface area (Å²) in [6.45, 7) is 10.6. The third kappa shape index (κ3) is 1.70. The van der Waals surface area contributed by atoms with Crippen molar-refractivity contribution in [2.24, 2.45) is 10.8 Å². The number of hydrogen-bond donors (Lipinski definition) is 0. The van der Waals surface area contributed by atoms with Crippen LogP contribution in [0.2, 0.25) is 0 Å². The Hall–Kier alpha value is -0.590. The van der Waals surface area contributed by atoms with Crippen molar-refractivity contribution in [3.05, 3.63) is 11.6 Å². The summed E-state index contributed by atoms with van der Waals surface area (Å²) in [5.41, 5.74) is 1.14. The molecule has 1 atom stereocenters. The zero-order chi connectivity index (χ0) is 10.3. The molecule has 74 valence electrons. The Bertz CT molecular complexity index is 255. The summed E-state index contributed by atoms with van der Waals surface area (Å²) in [6, 6.07) is 0. The van der Waals surface area contributed by atoms with Gasteiger partial charge in [-0.15, -0.1) is 0 Å². The molecule has 0 aliphatic heterocycles. The average molecular weight is 180 g/mol. The number of allylic oxidation sites excluding steroid dienone is 2. The lowest BCUT2D eigenvalue weighted by Gasteiger charge is -2.42. The fourth-order valence-electron chi connectivity index (χ4n) is 1.77. The largest absolute Gasteiger partial charge is 0.294 e. The molecule has 0 radical (unpaired) electrons. The molecule has 1 aliphatic rings. The van der Waals surface area contributed by atoms with E-state index in [0.717, 1.165) is 12.8 Å². The molecular formula is C12H20O. The molecular weight excluding hydrogens is 160 g/mol. The maximum absolute atomic E-state index is 11.9. The molecule has 0 saturated carbocycles. The summed E-state index contributed by atoms with van der Waals surface area (Å²) in [7, 11) is 0. The molecule has 0 aromatic rings. The van der Waals surface area contributed by atoms with Crippen molar-refractivity contribution in [3.8, 4) is 0 Å². The third-order valence-corrected chi connectivity index (χ3v) is 3.60. The molecule has 0 N–H and O–H groups in total. The van der Waals surface area contributed by atoms with Gasteiger partial charge in [0.2, 0.25) is 0 Å². The quantitative estimate of drug-likeness (QED) is 0.558. The van der Waals surface area contributed by atoms with E-state index in [4.69, 9.17) is 0 Å². The first-order valence-electron chi connectivity index (χ1n) is 4.99. The second kappa shape index (κ2) is 2.97. The van der Waals surface area contributed by atoms with Crippen molar-refractivity contribution in [2.75, 3.05) is 0 Å². The summed E-state index contributed by atoms with van der Waals surface area (Å²) in [6.07, 6.45) is 3.89. The molecule has 0 amide bonds. The Balaban J connectivity index is 3.02. The van der Waals surface area contributed by atoms with Crippen LogP contribution in [0.1, 0.15) is 47.5 Å². The minimum atomic E-state index is -0.160. The Morgan fingerprint density at radius 3 is 2.31 bits per heavy atom. The van der Waals surface area contributed by atoms with E-state index in [-0.39, 0.29) is 10.8 Å². The van der Waals surface area contributed by atoms with Gasteiger partial charge in [0.15, 0.2) is 5.78 Å². The Kier molecular flexibility index (Phi) is 2.40. The molecule has 0 saturated heterocycles. The lowest BCUT2D eigenvalue weighted by molar-refractivity contribution is -0.130. The summed E-state index contributed by atoms with van der Waals surface area (Å²) < 4.78 is 0. The van der Waals surface area contributed by atoms with Crippen molar-refractivity contribution in [3.63, 3.8) is 0 Å². The molecule has 1 unspecified atom stereocenters. The highest BCUT2D eigenvalue weighted by atomic mass is 16.1. The maximum atomic E-state index is 11.9. The second-order valence-corrected chi connectivity index (χ2v) is 5.44. The molecule has 1 rings (SSSR count). The van der Waals surface area contributed by atoms with Gasteiger partial charge < -0.3 is 0 Å². The van der Waals surface area contributed by atoms with Gasteiger partial charge in [0.25, 0.3) is 0 Å². The van der Waals surface area contributed by atoms with Crippen molar-refractivity contribution in [1.82, 2.24) is 0 Å². The summed E-state index contributed by atoms with van der Waals surface area (Å²) in [5.74, 6) is 0.309. The van der Waals surface area contributed by atoms with Crippen LogP contribution < -0.4 is 0 Å². The van der Waals surface area contributed by atoms with E-state index >= 15 is 0 Å². The van der Waals surface area contributed by atoms with Crippen molar-refractivity contribution < 1.29 is 4.79 Å². The van der Waals surface area contributed by atoms with E-state index in [1.54, 1.807) is 0 Å². The highest BCUT2D eigenvalue weighted by molar-refractivity contribution is 5.96. The minimum absolute atomic E-state index is 0.0707. The van der Waals surface area contributed by atoms with Crippen molar-refractivity contribution in [1.29, 1.82) is 0 Å². The van der Waals surface area contributed by atoms with E-state index < -0.39 is 0 Å². The predicted molar refractivity (Wildman–Crippen MR) is 55.6 cm³/mol. The van der Waals surface area contributed by atoms with Crippen LogP contribution in [0.3, 0.4) is 0 Å². The van der Waals surface area contributed by atoms with Crippen LogP contribution in [0.15, 0.2) is 11.6 Å². The van der Waals surface area contributed by atoms with Gasteiger partial charge in [-0.1, -0.05) is 33.3 Å². The van der Waals surface area contributed by atoms with Gasteiger partial charge in [0.1, 0.15) is 0 Å². The SMILES string of the molecule is CC1=CC(=O)C(C)(C(C)(C)C)CC1. The molecule has 13 heavy (non-hydrogen) atoms. The normalized spacial score (nSPS) is 30.2. The first-order valence-corrected chi connectivity index (χ1v) is 4.99. The topological polar surface area (TPSA) is 17.1 Å². The molecule has 0 spiro atoms. The number of carbonyl (C=O) groups is 1. The summed E-state index contributed by atoms with van der Waals surface area (Å²) >= 11 is 0. The zero-order valence-electron chi connectivity index (χ0n) is 9.40. The fraction of sp³-hybridized carbons (Fsp3) is 0.750. The van der Waals surface area contributed by atoms with Crippen LogP contribution in [0.25, 0.3) is 0 Å². The number of ketones is 1. The average Bonchev–Trinajstić information content (AvgIpc) is 1.95. The highest BCUT2D eigenvalue weighted by Crippen LogP contribution is 2.46. The monoisotopic (exact) mass is 180 g/mol. The standard InChI is InChI=1S/C12H20O/c1-9-6-7-12(5,10(13)8-9)11(2,3)4/h8H,6-7H2,1-5H3. The van der Waals surface area contributed by atoms with E-state index in [0.29, 0.717) is 5.78 Å². The maximum Gasteiger partial charge on any atom is 0.162 e. The van der Waals surface area contributed by atoms with Gasteiger partial charge in [-0.3, -0.25) is 4.79 Å². The fourth-order valence-corrected chi connectivity index (χ4v) is 1.77. The molecule has 0 aromatic carbocycles. The minimum Gasteiger partial charge on any atom is -0.294 e. The number of rotatable bonds is 0. The molecule has 1 nitrogen and oxygen atoms in total. The molecule has 1 heteroatoms. The molecule has 0 fully saturated rings.